The fourth-order valence-corrected chi connectivity index (χ4v) is 6.74. The summed E-state index contributed by atoms with van der Waals surface area (Å²) in [5.74, 6) is -1.29. The van der Waals surface area contributed by atoms with Crippen LogP contribution in [0.15, 0.2) is 81.4 Å². The Morgan fingerprint density at radius 3 is 2.47 bits per heavy atom. The number of nitrogens with zero attached hydrogens (tertiary/aromatic N) is 3. The first kappa shape index (κ1) is 24.0. The number of phenolic OH excluding ortho intramolecular Hbond substituents is 1. The van der Waals surface area contributed by atoms with Crippen molar-refractivity contribution >= 4 is 11.6 Å². The molecule has 1 N–H and O–H groups in total. The van der Waals surface area contributed by atoms with Gasteiger partial charge in [0.15, 0.2) is 11.6 Å². The maximum atomic E-state index is 13.8. The van der Waals surface area contributed by atoms with E-state index in [-0.39, 0.29) is 30.3 Å². The number of hydrogen-bond acceptors (Lipinski definition) is 6. The lowest BCUT2D eigenvalue weighted by Gasteiger charge is -2.52. The Kier molecular flexibility index (Phi) is 5.24. The third-order valence-corrected chi connectivity index (χ3v) is 8.45. The Hall–Kier alpha value is -4.40. The van der Waals surface area contributed by atoms with Crippen molar-refractivity contribution in [2.24, 2.45) is 11.3 Å². The van der Waals surface area contributed by atoms with E-state index in [1.54, 1.807) is 43.3 Å². The summed E-state index contributed by atoms with van der Waals surface area (Å²) < 4.78 is 9.59. The van der Waals surface area contributed by atoms with Crippen molar-refractivity contribution in [1.82, 2.24) is 13.9 Å². The van der Waals surface area contributed by atoms with Crippen LogP contribution in [-0.4, -0.2) is 37.7 Å². The molecule has 3 aromatic rings. The number of para-hydroxylation sites is 1. The van der Waals surface area contributed by atoms with Crippen LogP contribution < -0.4 is 16.1 Å². The average Bonchev–Trinajstić information content (AvgIpc) is 3.17. The van der Waals surface area contributed by atoms with Crippen LogP contribution in [-0.2, 0) is 16.1 Å². The normalized spacial score (nSPS) is 26.1. The van der Waals surface area contributed by atoms with Crippen LogP contribution in [0.2, 0.25) is 0 Å². The lowest BCUT2D eigenvalue weighted by atomic mass is 9.51. The van der Waals surface area contributed by atoms with Crippen molar-refractivity contribution in [1.29, 1.82) is 0 Å². The Balaban J connectivity index is 1.61. The van der Waals surface area contributed by atoms with Gasteiger partial charge in [-0.15, -0.1) is 0 Å². The number of hydrogen-bond donors (Lipinski definition) is 1. The maximum Gasteiger partial charge on any atom is 0.352 e. The van der Waals surface area contributed by atoms with E-state index in [9.17, 15) is 24.3 Å². The highest BCUT2D eigenvalue weighted by Gasteiger charge is 2.60. The van der Waals surface area contributed by atoms with Gasteiger partial charge in [-0.05, 0) is 48.8 Å². The molecule has 9 nitrogen and oxygen atoms in total. The van der Waals surface area contributed by atoms with Crippen molar-refractivity contribution < 1.29 is 19.4 Å². The Morgan fingerprint density at radius 1 is 1.03 bits per heavy atom. The summed E-state index contributed by atoms with van der Waals surface area (Å²) in [6.07, 6.45) is 3.48. The average molecular weight is 514 g/mol. The predicted octanol–water partition coefficient (Wildman–Crippen LogP) is 2.90. The molecular weight excluding hydrogens is 486 g/mol. The largest absolute Gasteiger partial charge is 0.508 e. The van der Waals surface area contributed by atoms with Gasteiger partial charge in [0.1, 0.15) is 11.5 Å². The molecule has 1 fully saturated rings. The van der Waals surface area contributed by atoms with Gasteiger partial charge in [-0.2, -0.15) is 0 Å². The van der Waals surface area contributed by atoms with E-state index in [4.69, 9.17) is 4.74 Å². The highest BCUT2D eigenvalue weighted by Crippen LogP contribution is 2.61. The fraction of sp³-hybridized carbons (Fsp3) is 0.310. The summed E-state index contributed by atoms with van der Waals surface area (Å²) in [6.45, 7) is 3.59. The van der Waals surface area contributed by atoms with Crippen molar-refractivity contribution in [3.05, 3.63) is 98.4 Å². The number of ketones is 2. The van der Waals surface area contributed by atoms with Gasteiger partial charge in [-0.1, -0.05) is 37.3 Å². The van der Waals surface area contributed by atoms with Gasteiger partial charge in [0.2, 0.25) is 0 Å². The monoisotopic (exact) mass is 513 g/mol. The molecule has 1 saturated carbocycles. The van der Waals surface area contributed by atoms with Gasteiger partial charge >= 0.3 is 11.4 Å². The molecule has 9 heteroatoms. The molecule has 1 aliphatic heterocycles. The van der Waals surface area contributed by atoms with Gasteiger partial charge < -0.3 is 9.84 Å². The predicted molar refractivity (Wildman–Crippen MR) is 139 cm³/mol. The zero-order valence-electron chi connectivity index (χ0n) is 21.2. The summed E-state index contributed by atoms with van der Waals surface area (Å²) in [5, 5.41) is 10.1. The number of benzene rings is 2. The van der Waals surface area contributed by atoms with E-state index in [1.807, 2.05) is 13.0 Å². The maximum absolute atomic E-state index is 13.8. The van der Waals surface area contributed by atoms with E-state index in [1.165, 1.54) is 34.7 Å². The highest BCUT2D eigenvalue weighted by atomic mass is 16.5. The Bertz CT molecular complexity index is 1690. The first-order chi connectivity index (χ1) is 18.2. The zero-order valence-corrected chi connectivity index (χ0v) is 21.2. The molecule has 4 atom stereocenters. The van der Waals surface area contributed by atoms with Gasteiger partial charge in [0.25, 0.3) is 0 Å². The molecule has 2 aliphatic carbocycles. The fourth-order valence-electron chi connectivity index (χ4n) is 6.74. The third kappa shape index (κ3) is 3.11. The number of aromatic nitrogens is 3. The number of phenols is 1. The van der Waals surface area contributed by atoms with Gasteiger partial charge in [-0.25, -0.2) is 23.5 Å². The second-order valence-electron chi connectivity index (χ2n) is 10.4. The van der Waals surface area contributed by atoms with Crippen molar-refractivity contribution in [3.8, 4) is 17.2 Å². The Labute approximate surface area is 217 Å². The van der Waals surface area contributed by atoms with Crippen LogP contribution in [0.5, 0.6) is 11.5 Å². The number of Topliss-reactive ketones (excluding diaryl/α,β-unsaturated/α-hetero) is 1. The topological polar surface area (TPSA) is 113 Å². The van der Waals surface area contributed by atoms with Crippen molar-refractivity contribution in [2.75, 3.05) is 7.11 Å². The van der Waals surface area contributed by atoms with Crippen LogP contribution >= 0.6 is 0 Å². The smallest absolute Gasteiger partial charge is 0.352 e. The van der Waals surface area contributed by atoms with Crippen molar-refractivity contribution in [2.45, 2.75) is 38.8 Å². The number of fused-ring (bicyclic) bond motifs is 4. The van der Waals surface area contributed by atoms with Gasteiger partial charge in [0, 0.05) is 23.5 Å². The number of carbonyl (C=O) groups is 2. The molecule has 0 bridgehead atoms. The second kappa shape index (κ2) is 8.31. The summed E-state index contributed by atoms with van der Waals surface area (Å²) in [4.78, 5) is 54.5. The minimum Gasteiger partial charge on any atom is -0.508 e. The summed E-state index contributed by atoms with van der Waals surface area (Å²) >= 11 is 0. The molecule has 6 rings (SSSR count). The van der Waals surface area contributed by atoms with E-state index in [2.05, 4.69) is 0 Å². The summed E-state index contributed by atoms with van der Waals surface area (Å²) in [5.41, 5.74) is 0.140. The van der Waals surface area contributed by atoms with E-state index >= 15 is 0 Å². The van der Waals surface area contributed by atoms with Crippen LogP contribution in [0.25, 0.3) is 5.69 Å². The molecule has 3 aliphatic rings. The zero-order chi connectivity index (χ0) is 26.9. The van der Waals surface area contributed by atoms with Crippen LogP contribution in [0.1, 0.15) is 37.8 Å². The summed E-state index contributed by atoms with van der Waals surface area (Å²) in [7, 11) is 1.48. The second-order valence-corrected chi connectivity index (χ2v) is 10.4. The molecule has 194 valence electrons. The first-order valence-electron chi connectivity index (χ1n) is 12.5. The molecule has 0 saturated heterocycles. The van der Waals surface area contributed by atoms with Gasteiger partial charge in [-0.3, -0.25) is 9.59 Å². The minimum atomic E-state index is -1.14. The number of ether oxygens (including phenoxy) is 1. The van der Waals surface area contributed by atoms with Crippen LogP contribution in [0.4, 0.5) is 0 Å². The molecule has 2 aromatic carbocycles. The lowest BCUT2D eigenvalue weighted by Crippen LogP contribution is -2.54. The molecular formula is C29H27N3O6. The molecule has 0 spiro atoms. The SMILES string of the molecule is COc1cc(O)ccc1[C@H]1C2=CCn3c(=O)n(-c4ccccc4)c(=O)n3[C@@H]2C[C@H]2C(=O)C=C(C)C(=O)[C@@]12C. The number of allylic oxidation sites excluding steroid dienone is 4. The Morgan fingerprint density at radius 2 is 1.76 bits per heavy atom. The van der Waals surface area contributed by atoms with Crippen LogP contribution in [0.3, 0.4) is 0 Å². The molecule has 2 heterocycles. The standard InChI is InChI=1S/C29H27N3O6/c1-16-13-23(34)21-15-22-19(25(29(21,2)26(16)35)20-10-9-18(33)14-24(20)38-3)11-12-30-27(36)31(28(37)32(22)30)17-7-5-4-6-8-17/h4-11,13-14,21-22,25,33H,12,15H2,1-3H3/t21-,22+,25+,29+/m0/s1. The number of rotatable bonds is 3. The number of methoxy groups -OCH3 is 1. The molecule has 38 heavy (non-hydrogen) atoms. The van der Waals surface area contributed by atoms with E-state index in [0.717, 1.165) is 10.1 Å². The van der Waals surface area contributed by atoms with Crippen LogP contribution in [0, 0.1) is 11.3 Å². The van der Waals surface area contributed by atoms with Gasteiger partial charge in [0.05, 0.1) is 30.8 Å². The van der Waals surface area contributed by atoms with Crippen molar-refractivity contribution in [3.63, 3.8) is 0 Å². The number of carbonyl (C=O) groups excluding carboxylic acids is 2. The lowest BCUT2D eigenvalue weighted by molar-refractivity contribution is -0.139. The number of aromatic hydroxyl groups is 1. The first-order valence-corrected chi connectivity index (χ1v) is 12.5. The quantitative estimate of drug-likeness (QED) is 0.539. The molecule has 0 amide bonds. The molecule has 0 radical (unpaired) electrons. The van der Waals surface area contributed by atoms with E-state index in [0.29, 0.717) is 22.6 Å². The highest BCUT2D eigenvalue weighted by molar-refractivity contribution is 6.13. The minimum absolute atomic E-state index is 0.00408. The molecule has 1 aromatic heterocycles. The third-order valence-electron chi connectivity index (χ3n) is 8.45. The van der Waals surface area contributed by atoms with E-state index < -0.39 is 34.7 Å². The summed E-state index contributed by atoms with van der Waals surface area (Å²) in [6, 6.07) is 12.8. The molecule has 0 unspecified atom stereocenters.